The van der Waals surface area contributed by atoms with E-state index in [1.807, 2.05) is 12.1 Å². The van der Waals surface area contributed by atoms with E-state index in [0.29, 0.717) is 17.0 Å². The van der Waals surface area contributed by atoms with Gasteiger partial charge in [-0.15, -0.1) is 0 Å². The number of hydrogen-bond acceptors (Lipinski definition) is 1. The lowest BCUT2D eigenvalue weighted by Gasteiger charge is -2.15. The number of benzene rings is 2. The molecule has 0 spiro atoms. The van der Waals surface area contributed by atoms with Crippen LogP contribution < -0.4 is 0 Å². The Morgan fingerprint density at radius 2 is 1.79 bits per heavy atom. The molecule has 1 atom stereocenters. The number of Topliss-reactive ketones (excluding diaryl/α,β-unsaturated/α-hetero) is 1. The highest BCUT2D eigenvalue weighted by Crippen LogP contribution is 2.25. The smallest absolute Gasteiger partial charge is 0.137 e. The van der Waals surface area contributed by atoms with Crippen molar-refractivity contribution < 1.29 is 9.18 Å². The van der Waals surface area contributed by atoms with Crippen molar-refractivity contribution in [3.63, 3.8) is 0 Å². The number of halogens is 2. The Morgan fingerprint density at radius 3 is 2.37 bits per heavy atom. The maximum absolute atomic E-state index is 13.8. The van der Waals surface area contributed by atoms with E-state index in [2.05, 4.69) is 0 Å². The number of carbonyl (C=O) groups excluding carboxylic acids is 1. The van der Waals surface area contributed by atoms with Crippen LogP contribution in [0.4, 0.5) is 4.39 Å². The van der Waals surface area contributed by atoms with E-state index in [9.17, 15) is 9.18 Å². The zero-order valence-electron chi connectivity index (χ0n) is 10.6. The first-order valence-corrected chi connectivity index (χ1v) is 6.45. The summed E-state index contributed by atoms with van der Waals surface area (Å²) in [5, 5.41) is 0.647. The minimum absolute atomic E-state index is 0.0416. The molecule has 1 nitrogen and oxygen atoms in total. The highest BCUT2D eigenvalue weighted by Gasteiger charge is 2.20. The van der Waals surface area contributed by atoms with Crippen LogP contribution in [-0.2, 0) is 11.2 Å². The zero-order valence-corrected chi connectivity index (χ0v) is 11.3. The van der Waals surface area contributed by atoms with Crippen molar-refractivity contribution in [2.24, 2.45) is 0 Å². The average molecular weight is 277 g/mol. The van der Waals surface area contributed by atoms with E-state index >= 15 is 0 Å². The van der Waals surface area contributed by atoms with Gasteiger partial charge < -0.3 is 0 Å². The first-order chi connectivity index (χ1) is 9.08. The van der Waals surface area contributed by atoms with Crippen molar-refractivity contribution in [3.8, 4) is 0 Å². The summed E-state index contributed by atoms with van der Waals surface area (Å²) in [6.45, 7) is 1.49. The van der Waals surface area contributed by atoms with Gasteiger partial charge in [-0.05, 0) is 42.7 Å². The molecule has 0 N–H and O–H groups in total. The van der Waals surface area contributed by atoms with E-state index in [4.69, 9.17) is 11.6 Å². The van der Waals surface area contributed by atoms with E-state index in [0.717, 1.165) is 5.56 Å². The van der Waals surface area contributed by atoms with Crippen molar-refractivity contribution in [3.05, 3.63) is 70.5 Å². The van der Waals surface area contributed by atoms with Gasteiger partial charge in [0.1, 0.15) is 11.6 Å². The second-order valence-electron chi connectivity index (χ2n) is 4.52. The molecule has 19 heavy (non-hydrogen) atoms. The predicted molar refractivity (Wildman–Crippen MR) is 75.0 cm³/mol. The fourth-order valence-electron chi connectivity index (χ4n) is 2.09. The molecule has 0 unspecified atom stereocenters. The summed E-state index contributed by atoms with van der Waals surface area (Å²) in [6, 6.07) is 13.7. The van der Waals surface area contributed by atoms with Crippen molar-refractivity contribution in [1.29, 1.82) is 0 Å². The molecule has 0 saturated heterocycles. The van der Waals surface area contributed by atoms with Gasteiger partial charge >= 0.3 is 0 Å². The molecule has 0 heterocycles. The van der Waals surface area contributed by atoms with Gasteiger partial charge in [-0.3, -0.25) is 4.79 Å². The van der Waals surface area contributed by atoms with Crippen LogP contribution in [0.15, 0.2) is 48.5 Å². The fourth-order valence-corrected chi connectivity index (χ4v) is 2.21. The molecule has 0 aromatic heterocycles. The lowest BCUT2D eigenvalue weighted by molar-refractivity contribution is -0.118. The van der Waals surface area contributed by atoms with Crippen LogP contribution >= 0.6 is 11.6 Å². The molecule has 0 aliphatic rings. The lowest BCUT2D eigenvalue weighted by Crippen LogP contribution is -2.13. The maximum Gasteiger partial charge on any atom is 0.137 e. The Labute approximate surface area is 117 Å². The quantitative estimate of drug-likeness (QED) is 0.809. The van der Waals surface area contributed by atoms with Crippen molar-refractivity contribution in [2.45, 2.75) is 19.3 Å². The summed E-state index contributed by atoms with van der Waals surface area (Å²) in [7, 11) is 0. The number of ketones is 1. The van der Waals surface area contributed by atoms with Crippen LogP contribution in [0.2, 0.25) is 5.02 Å². The van der Waals surface area contributed by atoms with Crippen molar-refractivity contribution in [2.75, 3.05) is 0 Å². The van der Waals surface area contributed by atoms with Crippen LogP contribution in [0.1, 0.15) is 24.0 Å². The molecule has 0 saturated carbocycles. The molecule has 0 radical (unpaired) electrons. The summed E-state index contributed by atoms with van der Waals surface area (Å²) < 4.78 is 13.8. The van der Waals surface area contributed by atoms with Gasteiger partial charge in [0.05, 0.1) is 0 Å². The molecule has 0 bridgehead atoms. The zero-order chi connectivity index (χ0) is 13.8. The third kappa shape index (κ3) is 3.42. The predicted octanol–water partition coefficient (Wildman–Crippen LogP) is 4.39. The minimum Gasteiger partial charge on any atom is -0.299 e. The number of hydrogen-bond donors (Lipinski definition) is 0. The summed E-state index contributed by atoms with van der Waals surface area (Å²) >= 11 is 5.83. The monoisotopic (exact) mass is 276 g/mol. The Bertz CT molecular complexity index is 578. The van der Waals surface area contributed by atoms with Crippen molar-refractivity contribution >= 4 is 17.4 Å². The van der Waals surface area contributed by atoms with Gasteiger partial charge in [-0.25, -0.2) is 4.39 Å². The van der Waals surface area contributed by atoms with E-state index < -0.39 is 5.92 Å². The highest BCUT2D eigenvalue weighted by molar-refractivity contribution is 6.30. The van der Waals surface area contributed by atoms with Gasteiger partial charge in [0.25, 0.3) is 0 Å². The topological polar surface area (TPSA) is 17.1 Å². The largest absolute Gasteiger partial charge is 0.299 e. The highest BCUT2D eigenvalue weighted by atomic mass is 35.5. The van der Waals surface area contributed by atoms with Gasteiger partial charge in [0.2, 0.25) is 0 Å². The van der Waals surface area contributed by atoms with E-state index in [1.165, 1.54) is 13.0 Å². The van der Waals surface area contributed by atoms with Crippen LogP contribution in [0.25, 0.3) is 0 Å². The van der Waals surface area contributed by atoms with Gasteiger partial charge in [-0.2, -0.15) is 0 Å². The van der Waals surface area contributed by atoms with Crippen LogP contribution in [-0.4, -0.2) is 5.78 Å². The Kier molecular flexibility index (Phi) is 4.33. The summed E-state index contributed by atoms with van der Waals surface area (Å²) in [6.07, 6.45) is 0.480. The lowest BCUT2D eigenvalue weighted by atomic mass is 9.89. The molecule has 0 amide bonds. The standard InChI is InChI=1S/C16H14ClFO/c1-11(19)15(14-4-2-3-5-16(14)18)10-12-6-8-13(17)9-7-12/h2-9,15H,10H2,1H3/t15-/m0/s1. The third-order valence-electron chi connectivity index (χ3n) is 3.12. The Morgan fingerprint density at radius 1 is 1.16 bits per heavy atom. The second-order valence-corrected chi connectivity index (χ2v) is 4.95. The average Bonchev–Trinajstić information content (AvgIpc) is 2.39. The normalized spacial score (nSPS) is 12.2. The molecule has 2 rings (SSSR count). The third-order valence-corrected chi connectivity index (χ3v) is 3.38. The van der Waals surface area contributed by atoms with E-state index in [1.54, 1.807) is 30.3 Å². The first kappa shape index (κ1) is 13.8. The maximum atomic E-state index is 13.8. The summed E-state index contributed by atoms with van der Waals surface area (Å²) in [5.74, 6) is -0.834. The molecule has 0 aliphatic carbocycles. The molecular formula is C16H14ClFO. The molecular weight excluding hydrogens is 263 g/mol. The van der Waals surface area contributed by atoms with Crippen LogP contribution in [0.3, 0.4) is 0 Å². The first-order valence-electron chi connectivity index (χ1n) is 6.07. The molecule has 0 aliphatic heterocycles. The number of rotatable bonds is 4. The Hall–Kier alpha value is -1.67. The fraction of sp³-hybridized carbons (Fsp3) is 0.188. The van der Waals surface area contributed by atoms with Gasteiger partial charge in [0.15, 0.2) is 0 Å². The minimum atomic E-state index is -0.456. The van der Waals surface area contributed by atoms with Gasteiger partial charge in [0, 0.05) is 10.9 Å². The SMILES string of the molecule is CC(=O)[C@H](Cc1ccc(Cl)cc1)c1ccccc1F. The Balaban J connectivity index is 2.29. The molecule has 3 heteroatoms. The summed E-state index contributed by atoms with van der Waals surface area (Å²) in [5.41, 5.74) is 1.41. The van der Waals surface area contributed by atoms with Crippen molar-refractivity contribution in [1.82, 2.24) is 0 Å². The second kappa shape index (κ2) is 5.98. The van der Waals surface area contributed by atoms with Crippen LogP contribution in [0, 0.1) is 5.82 Å². The number of carbonyl (C=O) groups is 1. The molecule has 0 fully saturated rings. The molecule has 98 valence electrons. The van der Waals surface area contributed by atoms with Crippen LogP contribution in [0.5, 0.6) is 0 Å². The summed E-state index contributed by atoms with van der Waals surface area (Å²) in [4.78, 5) is 11.8. The van der Waals surface area contributed by atoms with E-state index in [-0.39, 0.29) is 11.6 Å². The van der Waals surface area contributed by atoms with Gasteiger partial charge in [-0.1, -0.05) is 41.9 Å². The molecule has 2 aromatic rings. The molecule has 2 aromatic carbocycles.